The van der Waals surface area contributed by atoms with Crippen LogP contribution in [0.2, 0.25) is 5.02 Å². The van der Waals surface area contributed by atoms with E-state index < -0.39 is 0 Å². The van der Waals surface area contributed by atoms with Crippen molar-refractivity contribution < 1.29 is 0 Å². The molecule has 0 amide bonds. The normalized spacial score (nSPS) is 18.6. The van der Waals surface area contributed by atoms with Crippen molar-refractivity contribution >= 4 is 17.3 Å². The zero-order chi connectivity index (χ0) is 14.9. The van der Waals surface area contributed by atoms with Gasteiger partial charge in [-0.3, -0.25) is 0 Å². The second-order valence-corrected chi connectivity index (χ2v) is 7.13. The van der Waals surface area contributed by atoms with E-state index in [-0.39, 0.29) is 0 Å². The SMILES string of the molecule is CC1(C)CCC(Nc2cc(Cl)ccc2-n2cccn2)CC1. The van der Waals surface area contributed by atoms with Gasteiger partial charge in [-0.2, -0.15) is 5.10 Å². The van der Waals surface area contributed by atoms with Crippen LogP contribution < -0.4 is 5.32 Å². The molecule has 0 unspecified atom stereocenters. The summed E-state index contributed by atoms with van der Waals surface area (Å²) in [7, 11) is 0. The van der Waals surface area contributed by atoms with E-state index in [2.05, 4.69) is 24.3 Å². The topological polar surface area (TPSA) is 29.9 Å². The first-order valence-corrected chi connectivity index (χ1v) is 7.97. The van der Waals surface area contributed by atoms with Crippen LogP contribution in [-0.2, 0) is 0 Å². The monoisotopic (exact) mass is 303 g/mol. The van der Waals surface area contributed by atoms with Crippen LogP contribution in [0.5, 0.6) is 0 Å². The first-order chi connectivity index (χ1) is 10.0. The highest BCUT2D eigenvalue weighted by Crippen LogP contribution is 2.37. The molecule has 1 N–H and O–H groups in total. The van der Waals surface area contributed by atoms with E-state index in [1.165, 1.54) is 25.7 Å². The lowest BCUT2D eigenvalue weighted by molar-refractivity contribution is 0.232. The van der Waals surface area contributed by atoms with Crippen molar-refractivity contribution in [3.8, 4) is 5.69 Å². The van der Waals surface area contributed by atoms with E-state index in [4.69, 9.17) is 11.6 Å². The van der Waals surface area contributed by atoms with Crippen LogP contribution in [0.3, 0.4) is 0 Å². The highest BCUT2D eigenvalue weighted by molar-refractivity contribution is 6.31. The van der Waals surface area contributed by atoms with Crippen LogP contribution in [-0.4, -0.2) is 15.8 Å². The number of hydrogen-bond donors (Lipinski definition) is 1. The van der Waals surface area contributed by atoms with Crippen molar-refractivity contribution in [3.63, 3.8) is 0 Å². The molecule has 1 fully saturated rings. The lowest BCUT2D eigenvalue weighted by atomic mass is 9.75. The van der Waals surface area contributed by atoms with E-state index >= 15 is 0 Å². The van der Waals surface area contributed by atoms with Crippen LogP contribution >= 0.6 is 11.6 Å². The number of hydrogen-bond acceptors (Lipinski definition) is 2. The molecule has 0 radical (unpaired) electrons. The standard InChI is InChI=1S/C17H22ClN3/c1-17(2)8-6-14(7-9-17)20-15-12-13(18)4-5-16(15)21-11-3-10-19-21/h3-5,10-12,14,20H,6-9H2,1-2H3. The molecule has 3 nitrogen and oxygen atoms in total. The number of benzene rings is 1. The molecule has 1 aliphatic carbocycles. The van der Waals surface area contributed by atoms with Gasteiger partial charge in [-0.1, -0.05) is 25.4 Å². The average molecular weight is 304 g/mol. The van der Waals surface area contributed by atoms with E-state index in [1.54, 1.807) is 6.20 Å². The smallest absolute Gasteiger partial charge is 0.0877 e. The molecule has 21 heavy (non-hydrogen) atoms. The Morgan fingerprint density at radius 3 is 2.71 bits per heavy atom. The number of nitrogens with zero attached hydrogens (tertiary/aromatic N) is 2. The van der Waals surface area contributed by atoms with Gasteiger partial charge in [0.1, 0.15) is 0 Å². The maximum Gasteiger partial charge on any atom is 0.0877 e. The fourth-order valence-corrected chi connectivity index (χ4v) is 3.17. The average Bonchev–Trinajstić information content (AvgIpc) is 2.95. The minimum absolute atomic E-state index is 0.483. The summed E-state index contributed by atoms with van der Waals surface area (Å²) in [5.41, 5.74) is 2.60. The van der Waals surface area contributed by atoms with Gasteiger partial charge in [0, 0.05) is 23.5 Å². The molecule has 0 saturated heterocycles. The second kappa shape index (κ2) is 5.72. The largest absolute Gasteiger partial charge is 0.381 e. The third-order valence-electron chi connectivity index (χ3n) is 4.41. The van der Waals surface area contributed by atoms with E-state index in [1.807, 2.05) is 35.1 Å². The van der Waals surface area contributed by atoms with Crippen LogP contribution in [0.15, 0.2) is 36.7 Å². The molecule has 1 saturated carbocycles. The van der Waals surface area contributed by atoms with Crippen LogP contribution in [0.1, 0.15) is 39.5 Å². The van der Waals surface area contributed by atoms with Gasteiger partial charge in [-0.15, -0.1) is 0 Å². The predicted molar refractivity (Wildman–Crippen MR) is 88.2 cm³/mol. The van der Waals surface area contributed by atoms with Crippen molar-refractivity contribution in [3.05, 3.63) is 41.7 Å². The van der Waals surface area contributed by atoms with E-state index in [0.29, 0.717) is 11.5 Å². The Kier molecular flexibility index (Phi) is 3.94. The number of anilines is 1. The van der Waals surface area contributed by atoms with Crippen molar-refractivity contribution in [2.45, 2.75) is 45.6 Å². The molecule has 0 bridgehead atoms. The Bertz CT molecular complexity index is 595. The molecule has 2 aromatic rings. The Hall–Kier alpha value is -1.48. The van der Waals surface area contributed by atoms with Crippen LogP contribution in [0.4, 0.5) is 5.69 Å². The van der Waals surface area contributed by atoms with Crippen LogP contribution in [0, 0.1) is 5.41 Å². The summed E-state index contributed by atoms with van der Waals surface area (Å²) in [5, 5.41) is 8.75. The van der Waals surface area contributed by atoms with Gasteiger partial charge in [-0.05, 0) is 55.4 Å². The molecule has 3 rings (SSSR count). The highest BCUT2D eigenvalue weighted by atomic mass is 35.5. The third-order valence-corrected chi connectivity index (χ3v) is 4.64. The second-order valence-electron chi connectivity index (χ2n) is 6.69. The lowest BCUT2D eigenvalue weighted by Crippen LogP contribution is -2.30. The van der Waals surface area contributed by atoms with E-state index in [0.717, 1.165) is 16.4 Å². The number of nitrogens with one attached hydrogen (secondary N) is 1. The molecule has 112 valence electrons. The van der Waals surface area contributed by atoms with Crippen molar-refractivity contribution in [2.75, 3.05) is 5.32 Å². The highest BCUT2D eigenvalue weighted by Gasteiger charge is 2.27. The van der Waals surface area contributed by atoms with Gasteiger partial charge in [0.15, 0.2) is 0 Å². The summed E-state index contributed by atoms with van der Waals surface area (Å²) >= 11 is 6.17. The molecule has 1 aromatic heterocycles. The molecular formula is C17H22ClN3. The van der Waals surface area contributed by atoms with Crippen molar-refractivity contribution in [2.24, 2.45) is 5.41 Å². The first-order valence-electron chi connectivity index (χ1n) is 7.60. The van der Waals surface area contributed by atoms with Gasteiger partial charge < -0.3 is 5.32 Å². The Morgan fingerprint density at radius 1 is 1.29 bits per heavy atom. The molecule has 0 atom stereocenters. The van der Waals surface area contributed by atoms with Gasteiger partial charge in [-0.25, -0.2) is 4.68 Å². The zero-order valence-corrected chi connectivity index (χ0v) is 13.4. The minimum atomic E-state index is 0.483. The Morgan fingerprint density at radius 2 is 2.05 bits per heavy atom. The van der Waals surface area contributed by atoms with Crippen molar-refractivity contribution in [1.82, 2.24) is 9.78 Å². The summed E-state index contributed by atoms with van der Waals surface area (Å²) in [4.78, 5) is 0. The molecule has 1 aliphatic rings. The Balaban J connectivity index is 1.80. The molecule has 1 heterocycles. The number of aromatic nitrogens is 2. The third kappa shape index (κ3) is 3.41. The minimum Gasteiger partial charge on any atom is -0.381 e. The summed E-state index contributed by atoms with van der Waals surface area (Å²) in [6, 6.07) is 8.38. The van der Waals surface area contributed by atoms with Gasteiger partial charge in [0.05, 0.1) is 11.4 Å². The molecule has 4 heteroatoms. The quantitative estimate of drug-likeness (QED) is 0.873. The maximum atomic E-state index is 6.17. The van der Waals surface area contributed by atoms with Crippen molar-refractivity contribution in [1.29, 1.82) is 0 Å². The summed E-state index contributed by atoms with van der Waals surface area (Å²) in [5.74, 6) is 0. The summed E-state index contributed by atoms with van der Waals surface area (Å²) < 4.78 is 1.88. The lowest BCUT2D eigenvalue weighted by Gasteiger charge is -2.35. The zero-order valence-electron chi connectivity index (χ0n) is 12.6. The molecule has 0 spiro atoms. The molecular weight excluding hydrogens is 282 g/mol. The van der Waals surface area contributed by atoms with E-state index in [9.17, 15) is 0 Å². The Labute approximate surface area is 131 Å². The molecule has 1 aromatic carbocycles. The van der Waals surface area contributed by atoms with Gasteiger partial charge >= 0.3 is 0 Å². The maximum absolute atomic E-state index is 6.17. The van der Waals surface area contributed by atoms with Gasteiger partial charge in [0.2, 0.25) is 0 Å². The number of halogens is 1. The fourth-order valence-electron chi connectivity index (χ4n) is 3.00. The summed E-state index contributed by atoms with van der Waals surface area (Å²) in [6.45, 7) is 4.72. The first kappa shape index (κ1) is 14.5. The number of rotatable bonds is 3. The predicted octanol–water partition coefficient (Wildman–Crippen LogP) is 4.91. The van der Waals surface area contributed by atoms with Gasteiger partial charge in [0.25, 0.3) is 0 Å². The van der Waals surface area contributed by atoms with Crippen LogP contribution in [0.25, 0.3) is 5.69 Å². The molecule has 0 aliphatic heterocycles. The fraction of sp³-hybridized carbons (Fsp3) is 0.471. The summed E-state index contributed by atoms with van der Waals surface area (Å²) in [6.07, 6.45) is 8.70.